The van der Waals surface area contributed by atoms with Crippen molar-refractivity contribution in [3.05, 3.63) is 62.9 Å². The molecule has 0 saturated carbocycles. The first-order chi connectivity index (χ1) is 12.0. The molecule has 132 valence electrons. The van der Waals surface area contributed by atoms with Crippen LogP contribution >= 0.6 is 11.3 Å². The van der Waals surface area contributed by atoms with Crippen LogP contribution in [0, 0.1) is 20.8 Å². The predicted molar refractivity (Wildman–Crippen MR) is 98.8 cm³/mol. The minimum Gasteiger partial charge on any atom is -0.486 e. The molecule has 1 aromatic carbocycles. The Hall–Kier alpha value is -2.18. The molecule has 5 nitrogen and oxygen atoms in total. The van der Waals surface area contributed by atoms with Crippen LogP contribution in [-0.4, -0.2) is 22.1 Å². The third-order valence-corrected chi connectivity index (χ3v) is 4.89. The molecule has 0 aliphatic carbocycles. The molecule has 0 radical (unpaired) electrons. The summed E-state index contributed by atoms with van der Waals surface area (Å²) >= 11 is 1.63. The summed E-state index contributed by atoms with van der Waals surface area (Å²) in [6.07, 6.45) is 0. The van der Waals surface area contributed by atoms with E-state index in [9.17, 15) is 0 Å². The van der Waals surface area contributed by atoms with Crippen molar-refractivity contribution in [2.45, 2.75) is 40.5 Å². The fourth-order valence-electron chi connectivity index (χ4n) is 2.60. The first-order valence-corrected chi connectivity index (χ1v) is 9.12. The van der Waals surface area contributed by atoms with Crippen molar-refractivity contribution in [2.24, 2.45) is 0 Å². The lowest BCUT2D eigenvalue weighted by Gasteiger charge is -2.14. The van der Waals surface area contributed by atoms with E-state index in [1.165, 1.54) is 5.56 Å². The van der Waals surface area contributed by atoms with Crippen LogP contribution in [0.15, 0.2) is 34.2 Å². The van der Waals surface area contributed by atoms with Crippen LogP contribution < -0.4 is 4.74 Å². The maximum Gasteiger partial charge on any atom is 0.140 e. The van der Waals surface area contributed by atoms with Gasteiger partial charge in [-0.3, -0.25) is 4.90 Å². The van der Waals surface area contributed by atoms with Gasteiger partial charge in [-0.2, -0.15) is 0 Å². The number of nitrogens with zero attached hydrogens (tertiary/aromatic N) is 3. The highest BCUT2D eigenvalue weighted by atomic mass is 32.1. The van der Waals surface area contributed by atoms with Crippen molar-refractivity contribution < 1.29 is 9.26 Å². The monoisotopic (exact) mass is 357 g/mol. The number of ether oxygens (including phenoxy) is 1. The molecular formula is C19H23N3O2S. The van der Waals surface area contributed by atoms with Crippen molar-refractivity contribution in [3.63, 3.8) is 0 Å². The zero-order valence-corrected chi connectivity index (χ0v) is 15.9. The van der Waals surface area contributed by atoms with Crippen LogP contribution in [-0.2, 0) is 19.7 Å². The number of hydrogen-bond donors (Lipinski definition) is 0. The van der Waals surface area contributed by atoms with Crippen LogP contribution in [0.5, 0.6) is 5.75 Å². The number of aryl methyl sites for hydroxylation is 3. The van der Waals surface area contributed by atoms with Crippen LogP contribution in [0.3, 0.4) is 0 Å². The third-order valence-electron chi connectivity index (χ3n) is 4.02. The molecule has 3 aromatic rings. The van der Waals surface area contributed by atoms with Gasteiger partial charge in [0.1, 0.15) is 23.1 Å². The average molecular weight is 357 g/mol. The largest absolute Gasteiger partial charge is 0.486 e. The second kappa shape index (κ2) is 7.80. The molecule has 0 atom stereocenters. The summed E-state index contributed by atoms with van der Waals surface area (Å²) < 4.78 is 11.0. The van der Waals surface area contributed by atoms with Gasteiger partial charge in [0.2, 0.25) is 0 Å². The summed E-state index contributed by atoms with van der Waals surface area (Å²) in [5, 5.41) is 7.09. The van der Waals surface area contributed by atoms with Crippen molar-refractivity contribution in [3.8, 4) is 5.75 Å². The summed E-state index contributed by atoms with van der Waals surface area (Å²) in [5.74, 6) is 1.76. The minimum absolute atomic E-state index is 0.501. The Morgan fingerprint density at radius 2 is 1.88 bits per heavy atom. The molecule has 0 N–H and O–H groups in total. The fraction of sp³-hybridized carbons (Fsp3) is 0.368. The summed E-state index contributed by atoms with van der Waals surface area (Å²) in [5.41, 5.74) is 4.39. The predicted octanol–water partition coefficient (Wildman–Crippen LogP) is 4.27. The number of rotatable bonds is 7. The van der Waals surface area contributed by atoms with E-state index in [4.69, 9.17) is 9.26 Å². The van der Waals surface area contributed by atoms with Crippen LogP contribution in [0.2, 0.25) is 0 Å². The van der Waals surface area contributed by atoms with E-state index >= 15 is 0 Å². The van der Waals surface area contributed by atoms with Gasteiger partial charge in [-0.15, -0.1) is 11.3 Å². The van der Waals surface area contributed by atoms with E-state index in [1.807, 2.05) is 38.1 Å². The zero-order valence-electron chi connectivity index (χ0n) is 15.1. The van der Waals surface area contributed by atoms with E-state index in [0.717, 1.165) is 46.6 Å². The van der Waals surface area contributed by atoms with Gasteiger partial charge in [-0.1, -0.05) is 22.9 Å². The standard InChI is InChI=1S/C19H23N3O2S/c1-13-5-7-17(8-6-13)23-11-19-20-16(12-25-19)9-22(4)10-18-14(2)21-24-15(18)3/h5-8,12H,9-11H2,1-4H3. The Morgan fingerprint density at radius 1 is 1.12 bits per heavy atom. The molecule has 0 amide bonds. The van der Waals surface area contributed by atoms with E-state index in [1.54, 1.807) is 11.3 Å². The topological polar surface area (TPSA) is 51.4 Å². The second-order valence-electron chi connectivity index (χ2n) is 6.31. The maximum absolute atomic E-state index is 5.80. The Bertz CT molecular complexity index is 804. The second-order valence-corrected chi connectivity index (χ2v) is 7.25. The van der Waals surface area contributed by atoms with Crippen molar-refractivity contribution >= 4 is 11.3 Å². The Morgan fingerprint density at radius 3 is 2.56 bits per heavy atom. The average Bonchev–Trinajstić information content (AvgIpc) is 3.16. The molecule has 0 spiro atoms. The van der Waals surface area contributed by atoms with Gasteiger partial charge in [0.15, 0.2) is 0 Å². The maximum atomic E-state index is 5.80. The van der Waals surface area contributed by atoms with E-state index in [-0.39, 0.29) is 0 Å². The van der Waals surface area contributed by atoms with Gasteiger partial charge in [0.25, 0.3) is 0 Å². The van der Waals surface area contributed by atoms with E-state index in [2.05, 4.69) is 34.4 Å². The lowest BCUT2D eigenvalue weighted by atomic mass is 10.2. The molecule has 2 aromatic heterocycles. The molecule has 0 unspecified atom stereocenters. The highest BCUT2D eigenvalue weighted by Gasteiger charge is 2.13. The quantitative estimate of drug-likeness (QED) is 0.632. The summed E-state index contributed by atoms with van der Waals surface area (Å²) in [6.45, 7) is 8.08. The Labute approximate surface area is 152 Å². The number of aromatic nitrogens is 2. The molecule has 0 fully saturated rings. The number of thiazole rings is 1. The summed E-state index contributed by atoms with van der Waals surface area (Å²) in [7, 11) is 2.08. The van der Waals surface area contributed by atoms with E-state index < -0.39 is 0 Å². The zero-order chi connectivity index (χ0) is 17.8. The van der Waals surface area contributed by atoms with Gasteiger partial charge in [0.05, 0.1) is 11.4 Å². The first kappa shape index (κ1) is 17.6. The third kappa shape index (κ3) is 4.67. The molecule has 0 bridgehead atoms. The number of benzene rings is 1. The Balaban J connectivity index is 1.53. The highest BCUT2D eigenvalue weighted by molar-refractivity contribution is 7.09. The van der Waals surface area contributed by atoms with Gasteiger partial charge in [-0.05, 0) is 40.0 Å². The summed E-state index contributed by atoms with van der Waals surface area (Å²) in [4.78, 5) is 6.88. The molecule has 0 aliphatic heterocycles. The van der Waals surface area contributed by atoms with Crippen molar-refractivity contribution in [1.29, 1.82) is 0 Å². The minimum atomic E-state index is 0.501. The molecular weight excluding hydrogens is 334 g/mol. The Kier molecular flexibility index (Phi) is 5.50. The molecule has 2 heterocycles. The van der Waals surface area contributed by atoms with Crippen LogP contribution in [0.25, 0.3) is 0 Å². The van der Waals surface area contributed by atoms with Gasteiger partial charge >= 0.3 is 0 Å². The smallest absolute Gasteiger partial charge is 0.140 e. The fourth-order valence-corrected chi connectivity index (χ4v) is 3.29. The molecule has 6 heteroatoms. The molecule has 0 aliphatic rings. The van der Waals surface area contributed by atoms with Crippen molar-refractivity contribution in [1.82, 2.24) is 15.0 Å². The molecule has 25 heavy (non-hydrogen) atoms. The van der Waals surface area contributed by atoms with Crippen LogP contribution in [0.1, 0.15) is 33.3 Å². The van der Waals surface area contributed by atoms with Crippen LogP contribution in [0.4, 0.5) is 0 Å². The lowest BCUT2D eigenvalue weighted by Crippen LogP contribution is -2.18. The molecule has 3 rings (SSSR count). The normalized spacial score (nSPS) is 11.2. The highest BCUT2D eigenvalue weighted by Crippen LogP contribution is 2.18. The SMILES string of the molecule is Cc1ccc(OCc2nc(CN(C)Cc3c(C)noc3C)cs2)cc1. The first-order valence-electron chi connectivity index (χ1n) is 8.24. The molecule has 0 saturated heterocycles. The lowest BCUT2D eigenvalue weighted by molar-refractivity contribution is 0.300. The van der Waals surface area contributed by atoms with Gasteiger partial charge < -0.3 is 9.26 Å². The van der Waals surface area contributed by atoms with Gasteiger partial charge in [-0.25, -0.2) is 4.98 Å². The van der Waals surface area contributed by atoms with Crippen molar-refractivity contribution in [2.75, 3.05) is 7.05 Å². The van der Waals surface area contributed by atoms with E-state index in [0.29, 0.717) is 6.61 Å². The number of hydrogen-bond acceptors (Lipinski definition) is 6. The van der Waals surface area contributed by atoms with Gasteiger partial charge in [0, 0.05) is 24.0 Å². The summed E-state index contributed by atoms with van der Waals surface area (Å²) in [6, 6.07) is 8.07.